The Balaban J connectivity index is 1.90. The van der Waals surface area contributed by atoms with Gasteiger partial charge in [0, 0.05) is 35.5 Å². The van der Waals surface area contributed by atoms with Crippen molar-refractivity contribution in [3.05, 3.63) is 41.9 Å². The fourth-order valence-corrected chi connectivity index (χ4v) is 3.56. The molecule has 2 aromatic heterocycles. The van der Waals surface area contributed by atoms with Gasteiger partial charge in [0.2, 0.25) is 0 Å². The SMILES string of the molecule is COC(=O)c1c(C)n(C)c2c(-c3cnn(C4CCC4)c3)cccc12. The standard InChI is InChI=1S/C19H21N3O2/c1-12-17(19(23)24-3)16-9-5-8-15(18(16)21(12)2)13-10-20-22(11-13)14-6-4-7-14/h5,8-11,14H,4,6-7H2,1-3H3. The first-order valence-corrected chi connectivity index (χ1v) is 8.32. The van der Waals surface area contributed by atoms with Gasteiger partial charge >= 0.3 is 5.97 Å². The molecular formula is C19H21N3O2. The van der Waals surface area contributed by atoms with Crippen LogP contribution in [0.3, 0.4) is 0 Å². The Bertz CT molecular complexity index is 932. The molecule has 0 atom stereocenters. The number of carbonyl (C=O) groups is 1. The second-order valence-electron chi connectivity index (χ2n) is 6.51. The van der Waals surface area contributed by atoms with Crippen LogP contribution in [-0.4, -0.2) is 27.4 Å². The number of aryl methyl sites for hydroxylation is 1. The molecule has 0 amide bonds. The van der Waals surface area contributed by atoms with Crippen molar-refractivity contribution in [3.63, 3.8) is 0 Å². The number of nitrogens with zero attached hydrogens (tertiary/aromatic N) is 3. The molecule has 0 aliphatic heterocycles. The van der Waals surface area contributed by atoms with Gasteiger partial charge in [-0.15, -0.1) is 0 Å². The molecule has 1 aliphatic rings. The maximum atomic E-state index is 12.2. The maximum absolute atomic E-state index is 12.2. The second-order valence-corrected chi connectivity index (χ2v) is 6.51. The summed E-state index contributed by atoms with van der Waals surface area (Å²) in [6.07, 6.45) is 7.75. The molecule has 0 bridgehead atoms. The van der Waals surface area contributed by atoms with Crippen LogP contribution in [0.5, 0.6) is 0 Å². The van der Waals surface area contributed by atoms with E-state index in [1.54, 1.807) is 0 Å². The van der Waals surface area contributed by atoms with Gasteiger partial charge in [-0.3, -0.25) is 4.68 Å². The molecule has 1 fully saturated rings. The summed E-state index contributed by atoms with van der Waals surface area (Å²) >= 11 is 0. The average Bonchev–Trinajstić information content (AvgIpc) is 3.10. The predicted molar refractivity (Wildman–Crippen MR) is 93.1 cm³/mol. The summed E-state index contributed by atoms with van der Waals surface area (Å²) in [5.74, 6) is -0.291. The van der Waals surface area contributed by atoms with E-state index in [2.05, 4.69) is 26.6 Å². The van der Waals surface area contributed by atoms with Gasteiger partial charge in [-0.25, -0.2) is 4.79 Å². The van der Waals surface area contributed by atoms with Crippen molar-refractivity contribution >= 4 is 16.9 Å². The molecule has 24 heavy (non-hydrogen) atoms. The first-order chi connectivity index (χ1) is 11.6. The van der Waals surface area contributed by atoms with Gasteiger partial charge in [0.1, 0.15) is 0 Å². The van der Waals surface area contributed by atoms with E-state index in [-0.39, 0.29) is 5.97 Å². The summed E-state index contributed by atoms with van der Waals surface area (Å²) in [6.45, 7) is 1.95. The largest absolute Gasteiger partial charge is 0.465 e. The van der Waals surface area contributed by atoms with Gasteiger partial charge in [0.25, 0.3) is 0 Å². The van der Waals surface area contributed by atoms with Crippen molar-refractivity contribution in [1.29, 1.82) is 0 Å². The molecule has 0 saturated heterocycles. The number of para-hydroxylation sites is 1. The number of hydrogen-bond donors (Lipinski definition) is 0. The van der Waals surface area contributed by atoms with Gasteiger partial charge in [-0.2, -0.15) is 5.10 Å². The highest BCUT2D eigenvalue weighted by atomic mass is 16.5. The third-order valence-corrected chi connectivity index (χ3v) is 5.26. The van der Waals surface area contributed by atoms with Crippen LogP contribution < -0.4 is 0 Å². The molecule has 5 nitrogen and oxygen atoms in total. The van der Waals surface area contributed by atoms with Crippen LogP contribution >= 0.6 is 0 Å². The molecule has 0 N–H and O–H groups in total. The number of esters is 1. The van der Waals surface area contributed by atoms with Gasteiger partial charge in [0.15, 0.2) is 0 Å². The van der Waals surface area contributed by atoms with E-state index in [9.17, 15) is 4.79 Å². The number of ether oxygens (including phenoxy) is 1. The van der Waals surface area contributed by atoms with Crippen LogP contribution in [0.15, 0.2) is 30.6 Å². The Morgan fingerprint density at radius 1 is 1.33 bits per heavy atom. The Kier molecular flexibility index (Phi) is 3.44. The minimum atomic E-state index is -0.291. The fraction of sp³-hybridized carbons (Fsp3) is 0.368. The fourth-order valence-electron chi connectivity index (χ4n) is 3.56. The topological polar surface area (TPSA) is 49.1 Å². The second kappa shape index (κ2) is 5.51. The van der Waals surface area contributed by atoms with E-state index in [0.29, 0.717) is 11.6 Å². The number of methoxy groups -OCH3 is 1. The summed E-state index contributed by atoms with van der Waals surface area (Å²) in [7, 11) is 3.41. The van der Waals surface area contributed by atoms with Crippen molar-refractivity contribution in [1.82, 2.24) is 14.3 Å². The molecular weight excluding hydrogens is 302 g/mol. The van der Waals surface area contributed by atoms with Crippen LogP contribution in [0, 0.1) is 6.92 Å². The number of rotatable bonds is 3. The first kappa shape index (κ1) is 15.0. The highest BCUT2D eigenvalue weighted by molar-refractivity contribution is 6.09. The lowest BCUT2D eigenvalue weighted by molar-refractivity contribution is 0.0602. The minimum absolute atomic E-state index is 0.291. The summed E-state index contributed by atoms with van der Waals surface area (Å²) in [4.78, 5) is 12.2. The lowest BCUT2D eigenvalue weighted by Gasteiger charge is -2.25. The van der Waals surface area contributed by atoms with E-state index in [1.165, 1.54) is 26.4 Å². The maximum Gasteiger partial charge on any atom is 0.340 e. The number of carbonyl (C=O) groups excluding carboxylic acids is 1. The molecule has 0 unspecified atom stereocenters. The third-order valence-electron chi connectivity index (χ3n) is 5.26. The number of benzene rings is 1. The van der Waals surface area contributed by atoms with Crippen LogP contribution in [0.2, 0.25) is 0 Å². The van der Waals surface area contributed by atoms with Gasteiger partial charge < -0.3 is 9.30 Å². The molecule has 1 aliphatic carbocycles. The van der Waals surface area contributed by atoms with Crippen LogP contribution in [0.4, 0.5) is 0 Å². The number of hydrogen-bond acceptors (Lipinski definition) is 3. The molecule has 1 aromatic carbocycles. The predicted octanol–water partition coefficient (Wildman–Crippen LogP) is 3.86. The van der Waals surface area contributed by atoms with Gasteiger partial charge in [-0.05, 0) is 26.2 Å². The highest BCUT2D eigenvalue weighted by Crippen LogP contribution is 2.36. The van der Waals surface area contributed by atoms with Crippen molar-refractivity contribution in [2.45, 2.75) is 32.2 Å². The third kappa shape index (κ3) is 2.08. The Labute approximate surface area is 140 Å². The Hall–Kier alpha value is -2.56. The van der Waals surface area contributed by atoms with Crippen LogP contribution in [0.1, 0.15) is 41.4 Å². The van der Waals surface area contributed by atoms with Crippen molar-refractivity contribution < 1.29 is 9.53 Å². The molecule has 1 saturated carbocycles. The summed E-state index contributed by atoms with van der Waals surface area (Å²) in [6, 6.07) is 6.60. The average molecular weight is 323 g/mol. The van der Waals surface area contributed by atoms with Crippen LogP contribution in [-0.2, 0) is 11.8 Å². The summed E-state index contributed by atoms with van der Waals surface area (Å²) in [5, 5.41) is 5.47. The summed E-state index contributed by atoms with van der Waals surface area (Å²) < 4.78 is 9.12. The van der Waals surface area contributed by atoms with E-state index in [4.69, 9.17) is 4.74 Å². The zero-order chi connectivity index (χ0) is 16.8. The number of fused-ring (bicyclic) bond motifs is 1. The molecule has 5 heteroatoms. The number of aromatic nitrogens is 3. The molecule has 2 heterocycles. The molecule has 124 valence electrons. The van der Waals surface area contributed by atoms with Crippen molar-refractivity contribution in [2.24, 2.45) is 7.05 Å². The Morgan fingerprint density at radius 3 is 2.79 bits per heavy atom. The summed E-state index contributed by atoms with van der Waals surface area (Å²) in [5.41, 5.74) is 4.78. The van der Waals surface area contributed by atoms with E-state index < -0.39 is 0 Å². The Morgan fingerprint density at radius 2 is 2.12 bits per heavy atom. The van der Waals surface area contributed by atoms with E-state index in [0.717, 1.165) is 27.7 Å². The monoisotopic (exact) mass is 323 g/mol. The lowest BCUT2D eigenvalue weighted by Crippen LogP contribution is -2.16. The minimum Gasteiger partial charge on any atom is -0.465 e. The zero-order valence-electron chi connectivity index (χ0n) is 14.2. The van der Waals surface area contributed by atoms with E-state index in [1.807, 2.05) is 32.3 Å². The molecule has 4 rings (SSSR count). The zero-order valence-corrected chi connectivity index (χ0v) is 14.2. The van der Waals surface area contributed by atoms with Crippen LogP contribution in [0.25, 0.3) is 22.0 Å². The van der Waals surface area contributed by atoms with Gasteiger partial charge in [-0.1, -0.05) is 18.2 Å². The smallest absolute Gasteiger partial charge is 0.340 e. The highest BCUT2D eigenvalue weighted by Gasteiger charge is 2.23. The first-order valence-electron chi connectivity index (χ1n) is 8.32. The van der Waals surface area contributed by atoms with Gasteiger partial charge in [0.05, 0.1) is 30.4 Å². The quantitative estimate of drug-likeness (QED) is 0.688. The van der Waals surface area contributed by atoms with Crippen molar-refractivity contribution in [2.75, 3.05) is 7.11 Å². The lowest BCUT2D eigenvalue weighted by atomic mass is 9.93. The van der Waals surface area contributed by atoms with E-state index >= 15 is 0 Å². The van der Waals surface area contributed by atoms with Crippen molar-refractivity contribution in [3.8, 4) is 11.1 Å². The molecule has 0 spiro atoms. The molecule has 0 radical (unpaired) electrons. The normalized spacial score (nSPS) is 14.8. The molecule has 3 aromatic rings.